The maximum Gasteiger partial charge on any atom is 0.238 e. The van der Waals surface area contributed by atoms with Gasteiger partial charge in [-0.1, -0.05) is 18.2 Å². The van der Waals surface area contributed by atoms with Crippen LogP contribution in [0, 0.1) is 17.5 Å². The molecule has 0 saturated carbocycles. The Bertz CT molecular complexity index is 1010. The van der Waals surface area contributed by atoms with Crippen molar-refractivity contribution in [1.29, 1.82) is 0 Å². The number of halogens is 4. The molecule has 4 rings (SSSR count). The highest BCUT2D eigenvalue weighted by molar-refractivity contribution is 5.84. The second-order valence-corrected chi connectivity index (χ2v) is 5.64. The lowest BCUT2D eigenvalue weighted by atomic mass is 10.0. The number of hydrogen-bond donors (Lipinski definition) is 1. The Morgan fingerprint density at radius 1 is 1.04 bits per heavy atom. The first-order valence-electron chi connectivity index (χ1n) is 7.57. The summed E-state index contributed by atoms with van der Waals surface area (Å²) in [5, 5.41) is 2.44. The quantitative estimate of drug-likeness (QED) is 0.560. The van der Waals surface area contributed by atoms with Crippen molar-refractivity contribution in [2.45, 2.75) is 5.79 Å². The van der Waals surface area contributed by atoms with E-state index < -0.39 is 34.6 Å². The van der Waals surface area contributed by atoms with Crippen molar-refractivity contribution in [2.75, 3.05) is 12.4 Å². The van der Waals surface area contributed by atoms with Gasteiger partial charge in [0.25, 0.3) is 0 Å². The van der Waals surface area contributed by atoms with Crippen molar-refractivity contribution in [1.82, 2.24) is 9.97 Å². The average molecular weight is 361 g/mol. The molecule has 1 N–H and O–H groups in total. The van der Waals surface area contributed by atoms with Crippen molar-refractivity contribution < 1.29 is 22.3 Å². The van der Waals surface area contributed by atoms with Crippen molar-refractivity contribution >= 4 is 5.82 Å². The highest BCUT2D eigenvalue weighted by Gasteiger charge is 2.60. The average Bonchev–Trinajstić information content (AvgIpc) is 3.22. The van der Waals surface area contributed by atoms with Crippen LogP contribution in [-0.4, -0.2) is 17.1 Å². The maximum absolute atomic E-state index is 15.5. The molecule has 1 aliphatic rings. The summed E-state index contributed by atoms with van der Waals surface area (Å²) in [6, 6.07) is 5.18. The van der Waals surface area contributed by atoms with Crippen LogP contribution in [0.25, 0.3) is 11.1 Å². The topological polar surface area (TPSA) is 47.0 Å². The Morgan fingerprint density at radius 2 is 1.81 bits per heavy atom. The van der Waals surface area contributed by atoms with Gasteiger partial charge in [0.15, 0.2) is 11.6 Å². The summed E-state index contributed by atoms with van der Waals surface area (Å²) in [5.74, 6) is -6.54. The van der Waals surface area contributed by atoms with E-state index in [0.717, 1.165) is 13.2 Å². The van der Waals surface area contributed by atoms with Gasteiger partial charge in [-0.05, 0) is 6.07 Å². The zero-order chi connectivity index (χ0) is 18.5. The first-order valence-corrected chi connectivity index (χ1v) is 7.57. The molecule has 0 amide bonds. The number of anilines is 1. The van der Waals surface area contributed by atoms with Crippen molar-refractivity contribution in [3.05, 3.63) is 71.4 Å². The number of methoxy groups -OCH3 is 1. The molecule has 1 aromatic heterocycles. The van der Waals surface area contributed by atoms with E-state index in [1.807, 2.05) is 0 Å². The maximum atomic E-state index is 15.5. The third-order valence-corrected chi connectivity index (χ3v) is 4.18. The molecule has 0 saturated heterocycles. The van der Waals surface area contributed by atoms with Gasteiger partial charge in [-0.2, -0.15) is 4.39 Å². The molecule has 3 aromatic rings. The van der Waals surface area contributed by atoms with Crippen LogP contribution in [0.15, 0.2) is 42.9 Å². The Labute approximate surface area is 145 Å². The molecule has 0 radical (unpaired) electrons. The fraction of sp³-hybridized carbons (Fsp3) is 0.111. The Balaban J connectivity index is 1.93. The predicted molar refractivity (Wildman–Crippen MR) is 85.8 cm³/mol. The number of aromatic nitrogens is 2. The molecule has 0 bridgehead atoms. The fourth-order valence-corrected chi connectivity index (χ4v) is 3.03. The number of benzene rings is 2. The lowest BCUT2D eigenvalue weighted by Crippen LogP contribution is -2.16. The van der Waals surface area contributed by atoms with Crippen LogP contribution >= 0.6 is 0 Å². The minimum absolute atomic E-state index is 0.0496. The van der Waals surface area contributed by atoms with E-state index in [1.54, 1.807) is 0 Å². The Kier molecular flexibility index (Phi) is 3.57. The fourth-order valence-electron chi connectivity index (χ4n) is 3.03. The van der Waals surface area contributed by atoms with Gasteiger partial charge in [-0.15, -0.1) is 0 Å². The predicted octanol–water partition coefficient (Wildman–Crippen LogP) is 4.17. The summed E-state index contributed by atoms with van der Waals surface area (Å²) < 4.78 is 63.6. The van der Waals surface area contributed by atoms with Gasteiger partial charge in [0, 0.05) is 29.1 Å². The van der Waals surface area contributed by atoms with Gasteiger partial charge in [-0.25, -0.2) is 18.2 Å². The minimum Gasteiger partial charge on any atom is -0.493 e. The van der Waals surface area contributed by atoms with Crippen LogP contribution in [0.5, 0.6) is 5.75 Å². The van der Waals surface area contributed by atoms with Crippen LogP contribution in [-0.2, 0) is 5.79 Å². The van der Waals surface area contributed by atoms with Crippen LogP contribution in [0.4, 0.5) is 23.4 Å². The zero-order valence-corrected chi connectivity index (χ0v) is 13.4. The van der Waals surface area contributed by atoms with Gasteiger partial charge >= 0.3 is 0 Å². The summed E-state index contributed by atoms with van der Waals surface area (Å²) in [7, 11) is 1.10. The van der Waals surface area contributed by atoms with Gasteiger partial charge in [0.2, 0.25) is 11.6 Å². The van der Waals surface area contributed by atoms with Crippen LogP contribution < -0.4 is 10.1 Å². The van der Waals surface area contributed by atoms with E-state index in [0.29, 0.717) is 0 Å². The van der Waals surface area contributed by atoms with E-state index in [1.165, 1.54) is 36.8 Å². The van der Waals surface area contributed by atoms with Gasteiger partial charge in [-0.3, -0.25) is 4.98 Å². The van der Waals surface area contributed by atoms with Gasteiger partial charge in [0.1, 0.15) is 11.6 Å². The highest BCUT2D eigenvalue weighted by Crippen LogP contribution is 2.61. The first-order chi connectivity index (χ1) is 12.5. The third kappa shape index (κ3) is 2.22. The molecule has 4 nitrogen and oxygen atoms in total. The molecule has 0 aliphatic heterocycles. The smallest absolute Gasteiger partial charge is 0.238 e. The largest absolute Gasteiger partial charge is 0.493 e. The van der Waals surface area contributed by atoms with Crippen molar-refractivity contribution in [2.24, 2.45) is 0 Å². The van der Waals surface area contributed by atoms with Crippen molar-refractivity contribution in [3.63, 3.8) is 0 Å². The molecule has 1 aliphatic carbocycles. The number of rotatable bonds is 4. The monoisotopic (exact) mass is 361 g/mol. The summed E-state index contributed by atoms with van der Waals surface area (Å²) in [6.07, 6.45) is 3.97. The van der Waals surface area contributed by atoms with Gasteiger partial charge < -0.3 is 10.1 Å². The molecule has 0 fully saturated rings. The number of nitrogens with one attached hydrogen (secondary N) is 1. The zero-order valence-electron chi connectivity index (χ0n) is 13.4. The molecule has 26 heavy (non-hydrogen) atoms. The number of fused-ring (bicyclic) bond motifs is 1. The summed E-state index contributed by atoms with van der Waals surface area (Å²) in [4.78, 5) is 7.69. The van der Waals surface area contributed by atoms with E-state index >= 15 is 4.39 Å². The lowest BCUT2D eigenvalue weighted by molar-refractivity contribution is 0.317. The summed E-state index contributed by atoms with van der Waals surface area (Å²) in [6.45, 7) is 0. The van der Waals surface area contributed by atoms with Crippen LogP contribution in [0.3, 0.4) is 0 Å². The van der Waals surface area contributed by atoms with E-state index in [4.69, 9.17) is 4.74 Å². The van der Waals surface area contributed by atoms with E-state index in [2.05, 4.69) is 15.3 Å². The molecule has 1 atom stereocenters. The lowest BCUT2D eigenvalue weighted by Gasteiger charge is -2.10. The Morgan fingerprint density at radius 3 is 2.46 bits per heavy atom. The third-order valence-electron chi connectivity index (χ3n) is 4.18. The molecular formula is C18H11F4N3O. The summed E-state index contributed by atoms with van der Waals surface area (Å²) >= 11 is 0. The molecule has 8 heteroatoms. The number of alkyl halides is 1. The van der Waals surface area contributed by atoms with Crippen molar-refractivity contribution in [3.8, 4) is 16.9 Å². The standard InChI is InChI=1S/C18H11F4N3O/c1-26-17-14-13(18(14,22)25-11-8-23-6-7-24-11)12(15(20)16(17)21)9-4-2-3-5-10(9)19/h2-8H,1H3,(H,24,25). The molecule has 1 unspecified atom stereocenters. The molecule has 0 spiro atoms. The summed E-state index contributed by atoms with van der Waals surface area (Å²) in [5.41, 5.74) is -1.20. The van der Waals surface area contributed by atoms with Gasteiger partial charge in [0.05, 0.1) is 18.9 Å². The van der Waals surface area contributed by atoms with Crippen LogP contribution in [0.2, 0.25) is 0 Å². The molecule has 132 valence electrons. The number of nitrogens with zero attached hydrogens (tertiary/aromatic N) is 2. The normalized spacial score (nSPS) is 17.6. The molecule has 2 aromatic carbocycles. The van der Waals surface area contributed by atoms with E-state index in [9.17, 15) is 13.2 Å². The second kappa shape index (κ2) is 5.69. The van der Waals surface area contributed by atoms with Crippen LogP contribution in [0.1, 0.15) is 11.1 Å². The number of hydrogen-bond acceptors (Lipinski definition) is 4. The molecular weight excluding hydrogens is 350 g/mol. The second-order valence-electron chi connectivity index (χ2n) is 5.64. The molecule has 1 heterocycles. The number of ether oxygens (including phenoxy) is 1. The SMILES string of the molecule is COc1c(F)c(F)c(-c2ccccc2F)c2c1C2(F)Nc1cnccn1. The Hall–Kier alpha value is -3.16. The minimum atomic E-state index is -2.45. The highest BCUT2D eigenvalue weighted by atomic mass is 19.2. The first kappa shape index (κ1) is 16.3. The van der Waals surface area contributed by atoms with E-state index in [-0.39, 0.29) is 22.5 Å².